The quantitative estimate of drug-likeness (QED) is 0.812. The maximum atomic E-state index is 11.8. The molecule has 0 saturated carbocycles. The highest BCUT2D eigenvalue weighted by Gasteiger charge is 2.20. The number of nitrogens with one attached hydrogen (secondary N) is 2. The molecule has 17 heavy (non-hydrogen) atoms. The largest absolute Gasteiger partial charge is 0.335 e. The Kier molecular flexibility index (Phi) is 4.74. The molecule has 1 aromatic heterocycles. The van der Waals surface area contributed by atoms with Crippen LogP contribution in [0.3, 0.4) is 0 Å². The van der Waals surface area contributed by atoms with Gasteiger partial charge in [-0.05, 0) is 11.8 Å². The van der Waals surface area contributed by atoms with Gasteiger partial charge < -0.3 is 4.98 Å². The Morgan fingerprint density at radius 3 is 2.65 bits per heavy atom. The highest BCUT2D eigenvalue weighted by Crippen LogP contribution is 2.24. The molecule has 0 aliphatic heterocycles. The summed E-state index contributed by atoms with van der Waals surface area (Å²) in [7, 11) is -3.47. The molecule has 1 heterocycles. The Morgan fingerprint density at radius 1 is 1.53 bits per heavy atom. The Balaban J connectivity index is 2.51. The van der Waals surface area contributed by atoms with Crippen molar-refractivity contribution in [3.8, 4) is 0 Å². The Labute approximate surface area is 111 Å². The van der Waals surface area contributed by atoms with E-state index < -0.39 is 10.0 Å². The molecule has 0 bridgehead atoms. The zero-order valence-corrected chi connectivity index (χ0v) is 12.6. The molecule has 98 valence electrons. The van der Waals surface area contributed by atoms with Crippen molar-refractivity contribution in [2.75, 3.05) is 6.54 Å². The molecule has 0 radical (unpaired) electrons. The first kappa shape index (κ1) is 14.7. The number of hydrogen-bond donors (Lipinski definition) is 2. The van der Waals surface area contributed by atoms with Gasteiger partial charge in [0.15, 0.2) is 5.03 Å². The molecule has 1 unspecified atom stereocenters. The molecular weight excluding hydrogens is 306 g/mol. The minimum Gasteiger partial charge on any atom is -0.335 e. The SMILES string of the molecule is CC(C)(C)CC(Br)CNS(=O)(=O)c1cnc[nH]1. The van der Waals surface area contributed by atoms with Crippen LogP contribution in [0.2, 0.25) is 0 Å². The van der Waals surface area contributed by atoms with E-state index in [2.05, 4.69) is 51.4 Å². The van der Waals surface area contributed by atoms with E-state index in [9.17, 15) is 8.42 Å². The number of rotatable bonds is 5. The third kappa shape index (κ3) is 5.18. The Hall–Kier alpha value is -0.400. The zero-order chi connectivity index (χ0) is 13.1. The van der Waals surface area contributed by atoms with E-state index in [1.54, 1.807) is 0 Å². The first-order chi connectivity index (χ1) is 7.71. The third-order valence-electron chi connectivity index (χ3n) is 2.09. The number of alkyl halides is 1. The summed E-state index contributed by atoms with van der Waals surface area (Å²) < 4.78 is 26.1. The summed E-state index contributed by atoms with van der Waals surface area (Å²) in [4.78, 5) is 6.37. The van der Waals surface area contributed by atoms with E-state index in [1.807, 2.05) is 0 Å². The van der Waals surface area contributed by atoms with Gasteiger partial charge in [-0.25, -0.2) is 18.1 Å². The van der Waals surface area contributed by atoms with Gasteiger partial charge in [0.2, 0.25) is 0 Å². The van der Waals surface area contributed by atoms with Gasteiger partial charge in [0.1, 0.15) is 0 Å². The second-order valence-electron chi connectivity index (χ2n) is 5.13. The van der Waals surface area contributed by atoms with E-state index in [4.69, 9.17) is 0 Å². The van der Waals surface area contributed by atoms with E-state index in [0.29, 0.717) is 6.54 Å². The molecule has 7 heteroatoms. The summed E-state index contributed by atoms with van der Waals surface area (Å²) in [6.45, 7) is 6.71. The van der Waals surface area contributed by atoms with Crippen molar-refractivity contribution in [3.63, 3.8) is 0 Å². The molecule has 1 atom stereocenters. The second-order valence-corrected chi connectivity index (χ2v) is 8.16. The van der Waals surface area contributed by atoms with Crippen LogP contribution < -0.4 is 4.72 Å². The molecule has 1 rings (SSSR count). The predicted octanol–water partition coefficient (Wildman–Crippen LogP) is 1.89. The van der Waals surface area contributed by atoms with E-state index in [-0.39, 0.29) is 15.3 Å². The monoisotopic (exact) mass is 323 g/mol. The molecule has 0 saturated heterocycles. The summed E-state index contributed by atoms with van der Waals surface area (Å²) in [5.74, 6) is 0. The van der Waals surface area contributed by atoms with Crippen LogP contribution in [0.5, 0.6) is 0 Å². The second kappa shape index (κ2) is 5.49. The minimum atomic E-state index is -3.47. The molecule has 0 aliphatic rings. The Morgan fingerprint density at radius 2 is 2.18 bits per heavy atom. The summed E-state index contributed by atoms with van der Waals surface area (Å²) in [5, 5.41) is 0.0907. The van der Waals surface area contributed by atoms with Crippen molar-refractivity contribution in [1.82, 2.24) is 14.7 Å². The van der Waals surface area contributed by atoms with Crippen LogP contribution in [-0.2, 0) is 10.0 Å². The number of hydrogen-bond acceptors (Lipinski definition) is 3. The number of H-pyrrole nitrogens is 1. The average molecular weight is 324 g/mol. The lowest BCUT2D eigenvalue weighted by Crippen LogP contribution is -2.31. The van der Waals surface area contributed by atoms with E-state index in [0.717, 1.165) is 6.42 Å². The highest BCUT2D eigenvalue weighted by atomic mass is 79.9. The van der Waals surface area contributed by atoms with Crippen LogP contribution in [0.25, 0.3) is 0 Å². The molecule has 0 fully saturated rings. The average Bonchev–Trinajstić information content (AvgIpc) is 2.65. The molecule has 1 aromatic rings. The molecule has 5 nitrogen and oxygen atoms in total. The lowest BCUT2D eigenvalue weighted by molar-refractivity contribution is 0.373. The van der Waals surface area contributed by atoms with Gasteiger partial charge in [-0.2, -0.15) is 0 Å². The lowest BCUT2D eigenvalue weighted by Gasteiger charge is -2.22. The van der Waals surface area contributed by atoms with Crippen molar-refractivity contribution in [2.45, 2.75) is 37.0 Å². The van der Waals surface area contributed by atoms with Crippen LogP contribution in [0.4, 0.5) is 0 Å². The van der Waals surface area contributed by atoms with E-state index >= 15 is 0 Å². The van der Waals surface area contributed by atoms with Crippen molar-refractivity contribution in [1.29, 1.82) is 0 Å². The zero-order valence-electron chi connectivity index (χ0n) is 10.2. The molecule has 0 amide bonds. The summed E-state index contributed by atoms with van der Waals surface area (Å²) in [6, 6.07) is 0. The molecular formula is C10H18BrN3O2S. The van der Waals surface area contributed by atoms with Gasteiger partial charge in [0, 0.05) is 11.4 Å². The third-order valence-corrected chi connectivity index (χ3v) is 4.09. The van der Waals surface area contributed by atoms with E-state index in [1.165, 1.54) is 12.5 Å². The molecule has 0 aromatic carbocycles. The van der Waals surface area contributed by atoms with Crippen LogP contribution in [0.1, 0.15) is 27.2 Å². The number of aromatic nitrogens is 2. The lowest BCUT2D eigenvalue weighted by atomic mass is 9.91. The van der Waals surface area contributed by atoms with Crippen LogP contribution in [0, 0.1) is 5.41 Å². The van der Waals surface area contributed by atoms with Crippen molar-refractivity contribution >= 4 is 26.0 Å². The topological polar surface area (TPSA) is 74.8 Å². The predicted molar refractivity (Wildman–Crippen MR) is 70.6 cm³/mol. The number of imidazole rings is 1. The van der Waals surface area contributed by atoms with Gasteiger partial charge in [-0.3, -0.25) is 0 Å². The first-order valence-corrected chi connectivity index (χ1v) is 7.73. The van der Waals surface area contributed by atoms with Gasteiger partial charge in [0.05, 0.1) is 12.5 Å². The maximum Gasteiger partial charge on any atom is 0.257 e. The molecule has 0 aliphatic carbocycles. The minimum absolute atomic E-state index is 0.0907. The number of halogens is 1. The maximum absolute atomic E-state index is 11.8. The van der Waals surface area contributed by atoms with Gasteiger partial charge in [-0.1, -0.05) is 36.7 Å². The normalized spacial score (nSPS) is 14.8. The summed E-state index contributed by atoms with van der Waals surface area (Å²) >= 11 is 3.48. The van der Waals surface area contributed by atoms with Gasteiger partial charge >= 0.3 is 0 Å². The number of nitrogens with zero attached hydrogens (tertiary/aromatic N) is 1. The summed E-state index contributed by atoms with van der Waals surface area (Å²) in [5.41, 5.74) is 0.160. The standard InChI is InChI=1S/C10H18BrN3O2S/c1-10(2,3)4-8(11)5-14-17(15,16)9-6-12-7-13-9/h6-8,14H,4-5H2,1-3H3,(H,12,13). The van der Waals surface area contributed by atoms with Gasteiger partial charge in [0.25, 0.3) is 10.0 Å². The fraction of sp³-hybridized carbons (Fsp3) is 0.700. The number of aromatic amines is 1. The van der Waals surface area contributed by atoms with Crippen LogP contribution >= 0.6 is 15.9 Å². The van der Waals surface area contributed by atoms with Crippen LogP contribution in [0.15, 0.2) is 17.6 Å². The van der Waals surface area contributed by atoms with Crippen molar-refractivity contribution < 1.29 is 8.42 Å². The summed E-state index contributed by atoms with van der Waals surface area (Å²) in [6.07, 6.45) is 3.52. The highest BCUT2D eigenvalue weighted by molar-refractivity contribution is 9.09. The van der Waals surface area contributed by atoms with Crippen molar-refractivity contribution in [3.05, 3.63) is 12.5 Å². The fourth-order valence-corrected chi connectivity index (χ4v) is 3.74. The van der Waals surface area contributed by atoms with Crippen LogP contribution in [-0.4, -0.2) is 29.8 Å². The number of sulfonamides is 1. The first-order valence-electron chi connectivity index (χ1n) is 5.33. The van der Waals surface area contributed by atoms with Crippen molar-refractivity contribution in [2.24, 2.45) is 5.41 Å². The Bertz CT molecular complexity index is 437. The molecule has 2 N–H and O–H groups in total. The van der Waals surface area contributed by atoms with Gasteiger partial charge in [-0.15, -0.1) is 0 Å². The smallest absolute Gasteiger partial charge is 0.257 e. The fourth-order valence-electron chi connectivity index (χ4n) is 1.40. The molecule has 0 spiro atoms.